The van der Waals surface area contributed by atoms with Gasteiger partial charge in [0.2, 0.25) is 5.91 Å². The Balaban J connectivity index is 1.89. The number of hydrogen-bond acceptors (Lipinski definition) is 3. The average Bonchev–Trinajstić information content (AvgIpc) is 2.94. The van der Waals surface area contributed by atoms with E-state index in [1.807, 2.05) is 24.3 Å². The molecule has 1 aliphatic heterocycles. The largest absolute Gasteiger partial charge is 0.302 e. The van der Waals surface area contributed by atoms with Crippen molar-refractivity contribution in [1.29, 1.82) is 0 Å². The number of rotatable bonds is 7. The molecule has 1 heterocycles. The Morgan fingerprint density at radius 3 is 2.41 bits per heavy atom. The highest BCUT2D eigenvalue weighted by Crippen LogP contribution is 2.46. The van der Waals surface area contributed by atoms with Crippen molar-refractivity contribution in [1.82, 2.24) is 4.90 Å². The van der Waals surface area contributed by atoms with Crippen molar-refractivity contribution in [2.75, 3.05) is 31.1 Å². The van der Waals surface area contributed by atoms with Crippen molar-refractivity contribution in [3.8, 4) is 0 Å². The Morgan fingerprint density at radius 1 is 1.07 bits per heavy atom. The highest BCUT2D eigenvalue weighted by atomic mass is 35.5. The zero-order chi connectivity index (χ0) is 19.4. The van der Waals surface area contributed by atoms with Gasteiger partial charge in [-0.3, -0.25) is 14.7 Å². The maximum absolute atomic E-state index is 13.2. The SMILES string of the molecule is CCN(CC)CCN=CC1C(=O)N(c2c(Cl)cccc2Cl)c2ccccc21. The highest BCUT2D eigenvalue weighted by molar-refractivity contribution is 6.41. The van der Waals surface area contributed by atoms with Gasteiger partial charge in [0.1, 0.15) is 5.92 Å². The lowest BCUT2D eigenvalue weighted by Gasteiger charge is -2.20. The minimum atomic E-state index is -0.426. The van der Waals surface area contributed by atoms with Crippen LogP contribution in [0.15, 0.2) is 47.5 Å². The van der Waals surface area contributed by atoms with Gasteiger partial charge < -0.3 is 4.90 Å². The van der Waals surface area contributed by atoms with Crippen LogP contribution in [0.25, 0.3) is 0 Å². The number of aliphatic imine (C=N–C) groups is 1. The van der Waals surface area contributed by atoms with Gasteiger partial charge >= 0.3 is 0 Å². The number of hydrogen-bond donors (Lipinski definition) is 0. The smallest absolute Gasteiger partial charge is 0.244 e. The molecule has 0 aromatic heterocycles. The van der Waals surface area contributed by atoms with Crippen molar-refractivity contribution in [3.05, 3.63) is 58.1 Å². The molecule has 3 rings (SSSR count). The van der Waals surface area contributed by atoms with Crippen LogP contribution in [-0.4, -0.2) is 43.2 Å². The van der Waals surface area contributed by atoms with Crippen LogP contribution >= 0.6 is 23.2 Å². The molecular formula is C21H23Cl2N3O. The van der Waals surface area contributed by atoms with Gasteiger partial charge in [-0.25, -0.2) is 0 Å². The number of carbonyl (C=O) groups is 1. The molecule has 27 heavy (non-hydrogen) atoms. The van der Waals surface area contributed by atoms with E-state index in [2.05, 4.69) is 23.7 Å². The fourth-order valence-electron chi connectivity index (χ4n) is 3.34. The van der Waals surface area contributed by atoms with Crippen LogP contribution in [0.5, 0.6) is 0 Å². The molecule has 0 spiro atoms. The summed E-state index contributed by atoms with van der Waals surface area (Å²) in [5.74, 6) is -0.511. The number of para-hydroxylation sites is 2. The van der Waals surface area contributed by atoms with Crippen LogP contribution in [0.3, 0.4) is 0 Å². The van der Waals surface area contributed by atoms with Crippen LogP contribution in [-0.2, 0) is 4.79 Å². The molecule has 142 valence electrons. The van der Waals surface area contributed by atoms with Crippen molar-refractivity contribution < 1.29 is 4.79 Å². The number of amides is 1. The summed E-state index contributed by atoms with van der Waals surface area (Å²) in [4.78, 5) is 21.7. The van der Waals surface area contributed by atoms with Crippen LogP contribution < -0.4 is 4.90 Å². The molecule has 1 amide bonds. The highest BCUT2D eigenvalue weighted by Gasteiger charge is 2.38. The molecular weight excluding hydrogens is 381 g/mol. The Kier molecular flexibility index (Phi) is 6.53. The maximum Gasteiger partial charge on any atom is 0.244 e. The van der Waals surface area contributed by atoms with Gasteiger partial charge in [-0.05, 0) is 36.9 Å². The predicted octanol–water partition coefficient (Wildman–Crippen LogP) is 5.17. The summed E-state index contributed by atoms with van der Waals surface area (Å²) in [7, 11) is 0. The van der Waals surface area contributed by atoms with Gasteiger partial charge in [0.15, 0.2) is 0 Å². The van der Waals surface area contributed by atoms with Gasteiger partial charge in [0.25, 0.3) is 0 Å². The van der Waals surface area contributed by atoms with Gasteiger partial charge in [-0.2, -0.15) is 0 Å². The molecule has 0 radical (unpaired) electrons. The summed E-state index contributed by atoms with van der Waals surface area (Å²) in [6.07, 6.45) is 1.76. The molecule has 0 saturated heterocycles. The molecule has 0 aliphatic carbocycles. The van der Waals surface area contributed by atoms with E-state index in [0.717, 1.165) is 30.9 Å². The molecule has 6 heteroatoms. The topological polar surface area (TPSA) is 35.9 Å². The molecule has 1 aliphatic rings. The predicted molar refractivity (Wildman–Crippen MR) is 114 cm³/mol. The van der Waals surface area contributed by atoms with Crippen LogP contribution in [0.4, 0.5) is 11.4 Å². The molecule has 4 nitrogen and oxygen atoms in total. The van der Waals surface area contributed by atoms with Gasteiger partial charge in [-0.15, -0.1) is 0 Å². The maximum atomic E-state index is 13.2. The average molecular weight is 404 g/mol. The monoisotopic (exact) mass is 403 g/mol. The summed E-state index contributed by atoms with van der Waals surface area (Å²) in [5, 5.41) is 0.898. The van der Waals surface area contributed by atoms with Gasteiger partial charge in [0.05, 0.1) is 28.0 Å². The summed E-state index contributed by atoms with van der Waals surface area (Å²) in [6, 6.07) is 13.0. The summed E-state index contributed by atoms with van der Waals surface area (Å²) in [5.41, 5.74) is 2.25. The summed E-state index contributed by atoms with van der Waals surface area (Å²) < 4.78 is 0. The molecule has 1 atom stereocenters. The minimum absolute atomic E-state index is 0.0854. The molecule has 2 aromatic rings. The van der Waals surface area contributed by atoms with Crippen molar-refractivity contribution >= 4 is 46.7 Å². The second kappa shape index (κ2) is 8.87. The number of benzene rings is 2. The van der Waals surface area contributed by atoms with E-state index in [0.29, 0.717) is 22.3 Å². The van der Waals surface area contributed by atoms with Gasteiger partial charge in [0, 0.05) is 12.8 Å². The Labute approximate surface area is 170 Å². The molecule has 0 saturated carbocycles. The second-order valence-corrected chi connectivity index (χ2v) is 7.18. The first-order valence-electron chi connectivity index (χ1n) is 9.17. The summed E-state index contributed by atoms with van der Waals surface area (Å²) in [6.45, 7) is 7.81. The lowest BCUT2D eigenvalue weighted by Crippen LogP contribution is -2.26. The first-order chi connectivity index (χ1) is 13.1. The Morgan fingerprint density at radius 2 is 1.74 bits per heavy atom. The van der Waals surface area contributed by atoms with E-state index < -0.39 is 5.92 Å². The zero-order valence-electron chi connectivity index (χ0n) is 15.5. The molecule has 1 unspecified atom stereocenters. The lowest BCUT2D eigenvalue weighted by molar-refractivity contribution is -0.117. The summed E-state index contributed by atoms with van der Waals surface area (Å²) >= 11 is 12.7. The van der Waals surface area contributed by atoms with E-state index in [4.69, 9.17) is 23.2 Å². The zero-order valence-corrected chi connectivity index (χ0v) is 17.0. The quantitative estimate of drug-likeness (QED) is 0.597. The third-order valence-electron chi connectivity index (χ3n) is 4.85. The van der Waals surface area contributed by atoms with E-state index in [9.17, 15) is 4.79 Å². The van der Waals surface area contributed by atoms with E-state index in [1.165, 1.54) is 0 Å². The van der Waals surface area contributed by atoms with Crippen molar-refractivity contribution in [2.24, 2.45) is 4.99 Å². The number of anilines is 2. The van der Waals surface area contributed by atoms with E-state index >= 15 is 0 Å². The lowest BCUT2D eigenvalue weighted by atomic mass is 10.0. The molecule has 0 bridgehead atoms. The van der Waals surface area contributed by atoms with Crippen molar-refractivity contribution in [2.45, 2.75) is 19.8 Å². The number of carbonyl (C=O) groups excluding carboxylic acids is 1. The van der Waals surface area contributed by atoms with E-state index in [1.54, 1.807) is 29.3 Å². The third kappa shape index (κ3) is 4.03. The van der Waals surface area contributed by atoms with Crippen LogP contribution in [0, 0.1) is 0 Å². The van der Waals surface area contributed by atoms with Gasteiger partial charge in [-0.1, -0.05) is 61.3 Å². The normalized spacial score (nSPS) is 16.6. The van der Waals surface area contributed by atoms with Crippen molar-refractivity contribution in [3.63, 3.8) is 0 Å². The minimum Gasteiger partial charge on any atom is -0.302 e. The number of likely N-dealkylation sites (N-methyl/N-ethyl adjacent to an activating group) is 1. The number of halogens is 2. The fraction of sp³-hybridized carbons (Fsp3) is 0.333. The first-order valence-corrected chi connectivity index (χ1v) is 9.93. The second-order valence-electron chi connectivity index (χ2n) is 6.36. The number of nitrogens with zero attached hydrogens (tertiary/aromatic N) is 3. The van der Waals surface area contributed by atoms with E-state index in [-0.39, 0.29) is 5.91 Å². The number of fused-ring (bicyclic) bond motifs is 1. The molecule has 0 N–H and O–H groups in total. The van der Waals surface area contributed by atoms with Crippen LogP contribution in [0.2, 0.25) is 10.0 Å². The standard InChI is InChI=1S/C21H23Cl2N3O/c1-3-25(4-2)13-12-24-14-16-15-8-5-6-11-19(15)26(21(16)27)20-17(22)9-7-10-18(20)23/h5-11,14,16H,3-4,12-13H2,1-2H3. The molecule has 0 fully saturated rings. The Hall–Kier alpha value is -1.88. The third-order valence-corrected chi connectivity index (χ3v) is 5.46. The van der Waals surface area contributed by atoms with Crippen LogP contribution in [0.1, 0.15) is 25.3 Å². The fourth-order valence-corrected chi connectivity index (χ4v) is 3.91. The first kappa shape index (κ1) is 19.9. The molecule has 2 aromatic carbocycles. The Bertz CT molecular complexity index is 829.